The first-order valence-corrected chi connectivity index (χ1v) is 4.45. The van der Waals surface area contributed by atoms with Crippen molar-refractivity contribution in [3.63, 3.8) is 0 Å². The van der Waals surface area contributed by atoms with Crippen molar-refractivity contribution in [2.45, 2.75) is 32.6 Å². The first-order valence-electron chi connectivity index (χ1n) is 4.45. The van der Waals surface area contributed by atoms with Crippen LogP contribution in [-0.4, -0.2) is 13.2 Å². The predicted octanol–water partition coefficient (Wildman–Crippen LogP) is 2.21. The van der Waals surface area contributed by atoms with Crippen molar-refractivity contribution in [2.75, 3.05) is 13.2 Å². The van der Waals surface area contributed by atoms with Gasteiger partial charge >= 0.3 is 0 Å². The van der Waals surface area contributed by atoms with E-state index in [1.165, 1.54) is 25.7 Å². The maximum Gasteiger partial charge on any atom is 0.0525 e. The molecule has 1 aliphatic heterocycles. The highest BCUT2D eigenvalue weighted by atomic mass is 16.5. The number of hydrogen-bond acceptors (Lipinski definition) is 1. The third kappa shape index (κ3) is 0.878. The molecule has 2 aliphatic rings. The van der Waals surface area contributed by atoms with Gasteiger partial charge < -0.3 is 4.74 Å². The average Bonchev–Trinajstić information content (AvgIpc) is 2.71. The van der Waals surface area contributed by atoms with Crippen LogP contribution in [0.2, 0.25) is 0 Å². The zero-order chi connectivity index (χ0) is 7.03. The van der Waals surface area contributed by atoms with Gasteiger partial charge in [0.05, 0.1) is 6.61 Å². The van der Waals surface area contributed by atoms with Crippen LogP contribution in [0.5, 0.6) is 0 Å². The van der Waals surface area contributed by atoms with Gasteiger partial charge in [-0.05, 0) is 30.6 Å². The molecule has 1 saturated heterocycles. The fourth-order valence-electron chi connectivity index (χ4n) is 2.28. The molecule has 10 heavy (non-hydrogen) atoms. The van der Waals surface area contributed by atoms with Gasteiger partial charge in [0.15, 0.2) is 0 Å². The molecule has 2 rings (SSSR count). The molecule has 0 amide bonds. The molecule has 0 aromatic heterocycles. The van der Waals surface area contributed by atoms with E-state index in [-0.39, 0.29) is 0 Å². The second-order valence-corrected chi connectivity index (χ2v) is 3.81. The van der Waals surface area contributed by atoms with Gasteiger partial charge in [-0.15, -0.1) is 0 Å². The smallest absolute Gasteiger partial charge is 0.0525 e. The average molecular weight is 140 g/mol. The Labute approximate surface area is 62.8 Å². The molecule has 1 heterocycles. The normalized spacial score (nSPS) is 36.3. The van der Waals surface area contributed by atoms with Crippen molar-refractivity contribution in [3.05, 3.63) is 0 Å². The van der Waals surface area contributed by atoms with Crippen LogP contribution < -0.4 is 0 Å². The lowest BCUT2D eigenvalue weighted by Gasteiger charge is -2.30. The Balaban J connectivity index is 2.01. The molecule has 1 heteroatoms. The molecule has 1 spiro atoms. The van der Waals surface area contributed by atoms with Gasteiger partial charge in [0.1, 0.15) is 0 Å². The van der Waals surface area contributed by atoms with Gasteiger partial charge in [-0.3, -0.25) is 0 Å². The molecule has 1 atom stereocenters. The highest BCUT2D eigenvalue weighted by molar-refractivity contribution is 4.99. The van der Waals surface area contributed by atoms with Crippen LogP contribution in [0.15, 0.2) is 0 Å². The largest absolute Gasteiger partial charge is 0.381 e. The van der Waals surface area contributed by atoms with Gasteiger partial charge in [0.25, 0.3) is 0 Å². The molecular weight excluding hydrogens is 124 g/mol. The lowest BCUT2D eigenvalue weighted by Crippen LogP contribution is -2.28. The van der Waals surface area contributed by atoms with Gasteiger partial charge in [0, 0.05) is 6.61 Å². The molecule has 0 aromatic rings. The number of rotatable bonds is 1. The second-order valence-electron chi connectivity index (χ2n) is 3.81. The summed E-state index contributed by atoms with van der Waals surface area (Å²) in [5.41, 5.74) is 0.674. The summed E-state index contributed by atoms with van der Waals surface area (Å²) in [6.07, 6.45) is 5.55. The Morgan fingerprint density at radius 2 is 2.30 bits per heavy atom. The van der Waals surface area contributed by atoms with Crippen molar-refractivity contribution in [1.29, 1.82) is 0 Å². The summed E-state index contributed by atoms with van der Waals surface area (Å²) in [5, 5.41) is 0. The zero-order valence-corrected chi connectivity index (χ0v) is 6.73. The SMILES string of the molecule is CCC1CCOCC12CC2. The summed E-state index contributed by atoms with van der Waals surface area (Å²) >= 11 is 0. The molecule has 1 saturated carbocycles. The summed E-state index contributed by atoms with van der Waals surface area (Å²) < 4.78 is 5.48. The highest BCUT2D eigenvalue weighted by Crippen LogP contribution is 2.56. The van der Waals surface area contributed by atoms with E-state index in [1.54, 1.807) is 0 Å². The third-order valence-electron chi connectivity index (χ3n) is 3.25. The van der Waals surface area contributed by atoms with Crippen molar-refractivity contribution >= 4 is 0 Å². The van der Waals surface area contributed by atoms with E-state index in [4.69, 9.17) is 4.74 Å². The van der Waals surface area contributed by atoms with Crippen LogP contribution in [0.25, 0.3) is 0 Å². The molecule has 2 fully saturated rings. The minimum absolute atomic E-state index is 0.674. The molecule has 0 radical (unpaired) electrons. The Kier molecular flexibility index (Phi) is 1.48. The fraction of sp³-hybridized carbons (Fsp3) is 1.00. The van der Waals surface area contributed by atoms with E-state index < -0.39 is 0 Å². The van der Waals surface area contributed by atoms with E-state index in [9.17, 15) is 0 Å². The van der Waals surface area contributed by atoms with Crippen LogP contribution in [0, 0.1) is 11.3 Å². The van der Waals surface area contributed by atoms with Crippen molar-refractivity contribution in [1.82, 2.24) is 0 Å². The van der Waals surface area contributed by atoms with Crippen LogP contribution in [-0.2, 0) is 4.74 Å². The monoisotopic (exact) mass is 140 g/mol. The van der Waals surface area contributed by atoms with Gasteiger partial charge in [-0.2, -0.15) is 0 Å². The summed E-state index contributed by atoms with van der Waals surface area (Å²) in [7, 11) is 0. The predicted molar refractivity (Wildman–Crippen MR) is 40.9 cm³/mol. The molecule has 1 unspecified atom stereocenters. The molecule has 58 valence electrons. The lowest BCUT2D eigenvalue weighted by atomic mass is 9.83. The van der Waals surface area contributed by atoms with Crippen molar-refractivity contribution in [2.24, 2.45) is 11.3 Å². The minimum atomic E-state index is 0.674. The third-order valence-corrected chi connectivity index (χ3v) is 3.25. The van der Waals surface area contributed by atoms with E-state index in [1.807, 2.05) is 0 Å². The molecule has 1 nitrogen and oxygen atoms in total. The van der Waals surface area contributed by atoms with Gasteiger partial charge in [-0.25, -0.2) is 0 Å². The summed E-state index contributed by atoms with van der Waals surface area (Å²) in [6, 6.07) is 0. The molecule has 0 N–H and O–H groups in total. The summed E-state index contributed by atoms with van der Waals surface area (Å²) in [5.74, 6) is 0.987. The first-order chi connectivity index (χ1) is 4.87. The van der Waals surface area contributed by atoms with Crippen LogP contribution in [0.1, 0.15) is 32.6 Å². The quantitative estimate of drug-likeness (QED) is 0.542. The Hall–Kier alpha value is -0.0400. The summed E-state index contributed by atoms with van der Waals surface area (Å²) in [6.45, 7) is 4.39. The maximum absolute atomic E-state index is 5.48. The number of ether oxygens (including phenoxy) is 1. The lowest BCUT2D eigenvalue weighted by molar-refractivity contribution is 0.00200. The maximum atomic E-state index is 5.48. The molecule has 1 aliphatic carbocycles. The van der Waals surface area contributed by atoms with Gasteiger partial charge in [0.2, 0.25) is 0 Å². The summed E-state index contributed by atoms with van der Waals surface area (Å²) in [4.78, 5) is 0. The van der Waals surface area contributed by atoms with Gasteiger partial charge in [-0.1, -0.05) is 13.3 Å². The van der Waals surface area contributed by atoms with E-state index in [2.05, 4.69) is 6.92 Å². The van der Waals surface area contributed by atoms with E-state index in [0.717, 1.165) is 19.1 Å². The minimum Gasteiger partial charge on any atom is -0.381 e. The van der Waals surface area contributed by atoms with Crippen LogP contribution in [0.3, 0.4) is 0 Å². The fourth-order valence-corrected chi connectivity index (χ4v) is 2.28. The Bertz CT molecular complexity index is 127. The molecule has 0 bridgehead atoms. The highest BCUT2D eigenvalue weighted by Gasteiger charge is 2.49. The van der Waals surface area contributed by atoms with Crippen LogP contribution in [0.4, 0.5) is 0 Å². The van der Waals surface area contributed by atoms with Crippen molar-refractivity contribution in [3.8, 4) is 0 Å². The first kappa shape index (κ1) is 6.66. The topological polar surface area (TPSA) is 9.23 Å². The molecule has 0 aromatic carbocycles. The Morgan fingerprint density at radius 3 is 2.80 bits per heavy atom. The standard InChI is InChI=1S/C9H16O/c1-2-8-3-6-10-7-9(8)4-5-9/h8H,2-7H2,1H3. The van der Waals surface area contributed by atoms with Crippen LogP contribution >= 0.6 is 0 Å². The second kappa shape index (κ2) is 2.23. The van der Waals surface area contributed by atoms with E-state index >= 15 is 0 Å². The Morgan fingerprint density at radius 1 is 1.50 bits per heavy atom. The van der Waals surface area contributed by atoms with Crippen molar-refractivity contribution < 1.29 is 4.74 Å². The van der Waals surface area contributed by atoms with E-state index in [0.29, 0.717) is 5.41 Å². The number of hydrogen-bond donors (Lipinski definition) is 0. The molecular formula is C9H16O. The zero-order valence-electron chi connectivity index (χ0n) is 6.73.